The van der Waals surface area contributed by atoms with Crippen LogP contribution < -0.4 is 5.32 Å². The molecule has 0 atom stereocenters. The maximum absolute atomic E-state index is 12.4. The SMILES string of the molecule is CC(C)NC(=O)C1CCN(C(=O)c2ccc(Br)cc2O)CC1. The highest BCUT2D eigenvalue weighted by Gasteiger charge is 2.28. The number of likely N-dealkylation sites (tertiary alicyclic amines) is 1. The summed E-state index contributed by atoms with van der Waals surface area (Å²) in [4.78, 5) is 26.1. The van der Waals surface area contributed by atoms with Crippen molar-refractivity contribution in [2.45, 2.75) is 32.7 Å². The molecule has 1 fully saturated rings. The molecule has 5 nitrogen and oxygen atoms in total. The fourth-order valence-corrected chi connectivity index (χ4v) is 2.95. The van der Waals surface area contributed by atoms with Crippen LogP contribution in [0.1, 0.15) is 37.0 Å². The van der Waals surface area contributed by atoms with E-state index in [1.807, 2.05) is 13.8 Å². The smallest absolute Gasteiger partial charge is 0.257 e. The summed E-state index contributed by atoms with van der Waals surface area (Å²) in [5, 5.41) is 12.8. The van der Waals surface area contributed by atoms with Gasteiger partial charge in [-0.05, 0) is 44.9 Å². The lowest BCUT2D eigenvalue weighted by molar-refractivity contribution is -0.126. The lowest BCUT2D eigenvalue weighted by Gasteiger charge is -2.32. The molecule has 0 aromatic heterocycles. The average Bonchev–Trinajstić information content (AvgIpc) is 2.46. The van der Waals surface area contributed by atoms with Gasteiger partial charge in [-0.15, -0.1) is 0 Å². The van der Waals surface area contributed by atoms with Crippen LogP contribution in [-0.4, -0.2) is 41.0 Å². The van der Waals surface area contributed by atoms with E-state index in [-0.39, 0.29) is 29.5 Å². The minimum atomic E-state index is -0.187. The highest BCUT2D eigenvalue weighted by Crippen LogP contribution is 2.26. The number of carbonyl (C=O) groups excluding carboxylic acids is 2. The number of halogens is 1. The lowest BCUT2D eigenvalue weighted by Crippen LogP contribution is -2.44. The van der Waals surface area contributed by atoms with Crippen LogP contribution in [0.4, 0.5) is 0 Å². The molecule has 0 radical (unpaired) electrons. The van der Waals surface area contributed by atoms with Gasteiger partial charge in [0.25, 0.3) is 5.91 Å². The summed E-state index contributed by atoms with van der Waals surface area (Å²) in [6, 6.07) is 4.98. The molecule has 120 valence electrons. The first-order valence-electron chi connectivity index (χ1n) is 7.46. The van der Waals surface area contributed by atoms with Gasteiger partial charge >= 0.3 is 0 Å². The Balaban J connectivity index is 1.96. The second-order valence-corrected chi connectivity index (χ2v) is 6.81. The van der Waals surface area contributed by atoms with Gasteiger partial charge in [0.2, 0.25) is 5.91 Å². The quantitative estimate of drug-likeness (QED) is 0.860. The predicted octanol–water partition coefficient (Wildman–Crippen LogP) is 2.53. The number of hydrogen-bond donors (Lipinski definition) is 2. The van der Waals surface area contributed by atoms with Gasteiger partial charge in [-0.1, -0.05) is 15.9 Å². The van der Waals surface area contributed by atoms with Gasteiger partial charge in [0.15, 0.2) is 0 Å². The number of rotatable bonds is 3. The Bertz CT molecular complexity index is 567. The van der Waals surface area contributed by atoms with Gasteiger partial charge in [0, 0.05) is 29.5 Å². The molecular formula is C16H21BrN2O3. The van der Waals surface area contributed by atoms with Crippen molar-refractivity contribution < 1.29 is 14.7 Å². The summed E-state index contributed by atoms with van der Waals surface area (Å²) in [6.07, 6.45) is 1.31. The van der Waals surface area contributed by atoms with Crippen LogP contribution in [0.2, 0.25) is 0 Å². The van der Waals surface area contributed by atoms with E-state index in [0.717, 1.165) is 4.47 Å². The maximum Gasteiger partial charge on any atom is 0.257 e. The third-order valence-corrected chi connectivity index (χ3v) is 4.27. The number of aromatic hydroxyl groups is 1. The van der Waals surface area contributed by atoms with Crippen molar-refractivity contribution in [3.63, 3.8) is 0 Å². The number of nitrogens with one attached hydrogen (secondary N) is 1. The van der Waals surface area contributed by atoms with Crippen molar-refractivity contribution in [1.82, 2.24) is 10.2 Å². The molecule has 0 bridgehead atoms. The molecule has 1 aliphatic heterocycles. The number of carbonyl (C=O) groups is 2. The molecule has 1 saturated heterocycles. The van der Waals surface area contributed by atoms with E-state index in [0.29, 0.717) is 31.5 Å². The number of benzene rings is 1. The summed E-state index contributed by atoms with van der Waals surface area (Å²) in [5.41, 5.74) is 0.299. The normalized spacial score (nSPS) is 15.9. The lowest BCUT2D eigenvalue weighted by atomic mass is 9.95. The van der Waals surface area contributed by atoms with Crippen molar-refractivity contribution in [2.24, 2.45) is 5.92 Å². The summed E-state index contributed by atoms with van der Waals surface area (Å²) in [6.45, 7) is 4.94. The fourth-order valence-electron chi connectivity index (χ4n) is 2.60. The Labute approximate surface area is 138 Å². The van der Waals surface area contributed by atoms with Gasteiger partial charge in [0.05, 0.1) is 5.56 Å². The maximum atomic E-state index is 12.4. The van der Waals surface area contributed by atoms with Crippen LogP contribution in [0.5, 0.6) is 5.75 Å². The Morgan fingerprint density at radius 3 is 2.50 bits per heavy atom. The minimum Gasteiger partial charge on any atom is -0.507 e. The van der Waals surface area contributed by atoms with Crippen LogP contribution in [0.25, 0.3) is 0 Å². The van der Waals surface area contributed by atoms with Crippen LogP contribution in [0.3, 0.4) is 0 Å². The highest BCUT2D eigenvalue weighted by molar-refractivity contribution is 9.10. The molecule has 2 amide bonds. The Kier molecular flexibility index (Phi) is 5.45. The zero-order valence-corrected chi connectivity index (χ0v) is 14.4. The second kappa shape index (κ2) is 7.13. The Morgan fingerprint density at radius 2 is 1.95 bits per heavy atom. The monoisotopic (exact) mass is 368 g/mol. The number of nitrogens with zero attached hydrogens (tertiary/aromatic N) is 1. The molecule has 2 rings (SSSR count). The number of hydrogen-bond acceptors (Lipinski definition) is 3. The van der Waals surface area contributed by atoms with Gasteiger partial charge < -0.3 is 15.3 Å². The molecule has 1 aromatic carbocycles. The van der Waals surface area contributed by atoms with E-state index in [9.17, 15) is 14.7 Å². The molecule has 1 aliphatic rings. The number of piperidine rings is 1. The van der Waals surface area contributed by atoms with Crippen molar-refractivity contribution in [3.05, 3.63) is 28.2 Å². The van der Waals surface area contributed by atoms with E-state index < -0.39 is 0 Å². The number of phenols is 1. The Hall–Kier alpha value is -1.56. The highest BCUT2D eigenvalue weighted by atomic mass is 79.9. The molecule has 0 saturated carbocycles. The molecule has 0 spiro atoms. The first-order valence-corrected chi connectivity index (χ1v) is 8.26. The summed E-state index contributed by atoms with van der Waals surface area (Å²) >= 11 is 3.26. The first-order chi connectivity index (χ1) is 10.4. The predicted molar refractivity (Wildman–Crippen MR) is 87.7 cm³/mol. The van der Waals surface area contributed by atoms with E-state index in [4.69, 9.17) is 0 Å². The van der Waals surface area contributed by atoms with Crippen molar-refractivity contribution in [1.29, 1.82) is 0 Å². The fraction of sp³-hybridized carbons (Fsp3) is 0.500. The number of amides is 2. The third kappa shape index (κ3) is 4.00. The zero-order valence-electron chi connectivity index (χ0n) is 12.8. The van der Waals surface area contributed by atoms with E-state index >= 15 is 0 Å². The van der Waals surface area contributed by atoms with E-state index in [1.165, 1.54) is 6.07 Å². The summed E-state index contributed by atoms with van der Waals surface area (Å²) in [7, 11) is 0. The van der Waals surface area contributed by atoms with E-state index in [1.54, 1.807) is 17.0 Å². The summed E-state index contributed by atoms with van der Waals surface area (Å²) in [5.74, 6) is -0.190. The van der Waals surface area contributed by atoms with Crippen LogP contribution >= 0.6 is 15.9 Å². The summed E-state index contributed by atoms with van der Waals surface area (Å²) < 4.78 is 0.727. The third-order valence-electron chi connectivity index (χ3n) is 3.77. The molecule has 0 aliphatic carbocycles. The topological polar surface area (TPSA) is 69.6 Å². The van der Waals surface area contributed by atoms with Crippen LogP contribution in [0, 0.1) is 5.92 Å². The van der Waals surface area contributed by atoms with Crippen molar-refractivity contribution in [2.75, 3.05) is 13.1 Å². The van der Waals surface area contributed by atoms with Crippen molar-refractivity contribution >= 4 is 27.7 Å². The number of phenolic OH excluding ortho intramolecular Hbond substituents is 1. The molecule has 2 N–H and O–H groups in total. The molecule has 0 unspecified atom stereocenters. The standard InChI is InChI=1S/C16H21BrN2O3/c1-10(2)18-15(21)11-5-7-19(8-6-11)16(22)13-4-3-12(17)9-14(13)20/h3-4,9-11,20H,5-8H2,1-2H3,(H,18,21). The zero-order chi connectivity index (χ0) is 16.3. The first kappa shape index (κ1) is 16.8. The molecule has 22 heavy (non-hydrogen) atoms. The second-order valence-electron chi connectivity index (χ2n) is 5.89. The van der Waals surface area contributed by atoms with Gasteiger partial charge in [-0.2, -0.15) is 0 Å². The van der Waals surface area contributed by atoms with Gasteiger partial charge in [-0.25, -0.2) is 0 Å². The van der Waals surface area contributed by atoms with E-state index in [2.05, 4.69) is 21.2 Å². The molecular weight excluding hydrogens is 348 g/mol. The molecule has 1 heterocycles. The average molecular weight is 369 g/mol. The van der Waals surface area contributed by atoms with Gasteiger partial charge in [0.1, 0.15) is 5.75 Å². The minimum absolute atomic E-state index is 0.0287. The molecule has 1 aromatic rings. The Morgan fingerprint density at radius 1 is 1.32 bits per heavy atom. The van der Waals surface area contributed by atoms with Crippen LogP contribution in [0.15, 0.2) is 22.7 Å². The van der Waals surface area contributed by atoms with Crippen LogP contribution in [-0.2, 0) is 4.79 Å². The molecule has 6 heteroatoms. The largest absolute Gasteiger partial charge is 0.507 e. The van der Waals surface area contributed by atoms with Gasteiger partial charge in [-0.3, -0.25) is 9.59 Å². The van der Waals surface area contributed by atoms with Crippen molar-refractivity contribution in [3.8, 4) is 5.75 Å².